The highest BCUT2D eigenvalue weighted by Crippen LogP contribution is 2.54. The van der Waals surface area contributed by atoms with Crippen molar-refractivity contribution < 1.29 is 18.9 Å². The highest BCUT2D eigenvalue weighted by Gasteiger charge is 2.35. The first-order chi connectivity index (χ1) is 16.3. The molecule has 0 saturated carbocycles. The Balaban J connectivity index is 1.44. The number of benzene rings is 4. The highest BCUT2D eigenvalue weighted by molar-refractivity contribution is 6.05. The minimum atomic E-state index is 0.129. The molecule has 3 aliphatic rings. The molecule has 4 aromatic rings. The van der Waals surface area contributed by atoms with Crippen LogP contribution in [0.1, 0.15) is 24.1 Å². The summed E-state index contributed by atoms with van der Waals surface area (Å²) >= 11 is 0. The van der Waals surface area contributed by atoms with Gasteiger partial charge in [-0.05, 0) is 54.1 Å². The fourth-order valence-corrected chi connectivity index (χ4v) is 5.42. The largest absolute Gasteiger partial charge is 0.454 e. The van der Waals surface area contributed by atoms with E-state index in [0.29, 0.717) is 0 Å². The predicted octanol–water partition coefficient (Wildman–Crippen LogP) is 6.09. The Morgan fingerprint density at radius 2 is 1.55 bits per heavy atom. The molecule has 0 aliphatic carbocycles. The molecule has 0 amide bonds. The van der Waals surface area contributed by atoms with Crippen molar-refractivity contribution in [3.8, 4) is 34.1 Å². The lowest BCUT2D eigenvalue weighted by atomic mass is 9.85. The third kappa shape index (κ3) is 2.78. The summed E-state index contributed by atoms with van der Waals surface area (Å²) in [6.07, 6.45) is 0.952. The lowest BCUT2D eigenvalue weighted by Crippen LogP contribution is -2.32. The van der Waals surface area contributed by atoms with E-state index in [0.717, 1.165) is 41.3 Å². The Hall–Kier alpha value is -3.86. The molecule has 7 rings (SSSR count). The molecule has 164 valence electrons. The molecule has 1 atom stereocenters. The van der Waals surface area contributed by atoms with Crippen molar-refractivity contribution >= 4 is 16.5 Å². The van der Waals surface area contributed by atoms with Crippen LogP contribution in [-0.2, 0) is 6.42 Å². The first-order valence-electron chi connectivity index (χ1n) is 11.4. The van der Waals surface area contributed by atoms with E-state index in [1.54, 1.807) is 0 Å². The van der Waals surface area contributed by atoms with E-state index in [9.17, 15) is 0 Å². The van der Waals surface area contributed by atoms with Crippen molar-refractivity contribution in [2.24, 2.45) is 0 Å². The highest BCUT2D eigenvalue weighted by atomic mass is 16.7. The van der Waals surface area contributed by atoms with Crippen LogP contribution in [0, 0.1) is 0 Å². The molecule has 0 aromatic heterocycles. The van der Waals surface area contributed by atoms with Crippen LogP contribution in [0.25, 0.3) is 21.9 Å². The second-order valence-electron chi connectivity index (χ2n) is 8.75. The van der Waals surface area contributed by atoms with E-state index in [1.807, 2.05) is 6.07 Å². The molecule has 4 aromatic carbocycles. The van der Waals surface area contributed by atoms with Gasteiger partial charge in [-0.15, -0.1) is 0 Å². The van der Waals surface area contributed by atoms with Gasteiger partial charge in [-0.2, -0.15) is 0 Å². The molecule has 0 N–H and O–H groups in total. The zero-order chi connectivity index (χ0) is 21.9. The zero-order valence-corrected chi connectivity index (χ0v) is 18.3. The van der Waals surface area contributed by atoms with Crippen molar-refractivity contribution in [2.75, 3.05) is 25.0 Å². The van der Waals surface area contributed by atoms with Gasteiger partial charge in [-0.1, -0.05) is 42.5 Å². The van der Waals surface area contributed by atoms with Gasteiger partial charge in [0.15, 0.2) is 23.0 Å². The molecule has 3 heterocycles. The number of anilines is 1. The van der Waals surface area contributed by atoms with Crippen molar-refractivity contribution in [1.29, 1.82) is 0 Å². The van der Waals surface area contributed by atoms with Gasteiger partial charge in [-0.25, -0.2) is 0 Å². The van der Waals surface area contributed by atoms with Crippen molar-refractivity contribution in [3.63, 3.8) is 0 Å². The molecular formula is C28H23NO4. The van der Waals surface area contributed by atoms with Gasteiger partial charge in [0.25, 0.3) is 0 Å². The van der Waals surface area contributed by atoms with Crippen LogP contribution in [0.2, 0.25) is 0 Å². The summed E-state index contributed by atoms with van der Waals surface area (Å²) in [4.78, 5) is 2.51. The maximum absolute atomic E-state index is 5.96. The minimum absolute atomic E-state index is 0.129. The van der Waals surface area contributed by atoms with E-state index < -0.39 is 0 Å². The normalized spacial score (nSPS) is 17.2. The fourth-order valence-electron chi connectivity index (χ4n) is 5.42. The van der Waals surface area contributed by atoms with Gasteiger partial charge in [0.2, 0.25) is 13.6 Å². The number of rotatable bonds is 3. The van der Waals surface area contributed by atoms with Gasteiger partial charge < -0.3 is 23.8 Å². The van der Waals surface area contributed by atoms with Crippen LogP contribution in [0.3, 0.4) is 0 Å². The molecule has 0 spiro atoms. The van der Waals surface area contributed by atoms with Gasteiger partial charge in [-0.3, -0.25) is 0 Å². The Morgan fingerprint density at radius 3 is 2.42 bits per heavy atom. The van der Waals surface area contributed by atoms with E-state index >= 15 is 0 Å². The summed E-state index contributed by atoms with van der Waals surface area (Å²) in [7, 11) is 0. The van der Waals surface area contributed by atoms with Crippen LogP contribution in [0.15, 0.2) is 66.7 Å². The van der Waals surface area contributed by atoms with Crippen LogP contribution in [0.5, 0.6) is 23.0 Å². The Bertz CT molecular complexity index is 1400. The molecule has 0 fully saturated rings. The second-order valence-corrected chi connectivity index (χ2v) is 8.75. The van der Waals surface area contributed by atoms with E-state index in [1.165, 1.54) is 33.3 Å². The van der Waals surface area contributed by atoms with Crippen LogP contribution in [0.4, 0.5) is 5.69 Å². The van der Waals surface area contributed by atoms with Gasteiger partial charge in [0, 0.05) is 23.1 Å². The van der Waals surface area contributed by atoms with Gasteiger partial charge >= 0.3 is 0 Å². The first-order valence-corrected chi connectivity index (χ1v) is 11.4. The molecular weight excluding hydrogens is 414 g/mol. The quantitative estimate of drug-likeness (QED) is 0.388. The van der Waals surface area contributed by atoms with Crippen molar-refractivity contribution in [2.45, 2.75) is 19.4 Å². The van der Waals surface area contributed by atoms with Gasteiger partial charge in [0.1, 0.15) is 0 Å². The molecule has 0 radical (unpaired) electrons. The zero-order valence-electron chi connectivity index (χ0n) is 18.3. The maximum atomic E-state index is 5.96. The summed E-state index contributed by atoms with van der Waals surface area (Å²) < 4.78 is 23.1. The Kier molecular flexibility index (Phi) is 4.00. The number of nitrogens with zero attached hydrogens (tertiary/aromatic N) is 1. The smallest absolute Gasteiger partial charge is 0.231 e. The SMILES string of the molecule is CC1c2c(ccc3c2OCO3)-c2ccc3cc4c(cc3c2N1CCc1ccccc1)OCO4. The third-order valence-electron chi connectivity index (χ3n) is 7.01. The third-order valence-corrected chi connectivity index (χ3v) is 7.01. The molecule has 0 saturated heterocycles. The standard InChI is InChI=1S/C28H23NO4/c1-17-26-20(9-10-23-28(26)33-16-30-23)21-8-7-19-13-24-25(32-15-31-24)14-22(19)27(21)29(17)12-11-18-5-3-2-4-6-18/h2-10,13-14,17H,11-12,15-16H2,1H3. The van der Waals surface area contributed by atoms with Gasteiger partial charge in [0.05, 0.1) is 11.7 Å². The number of ether oxygens (including phenoxy) is 4. The topological polar surface area (TPSA) is 40.2 Å². The van der Waals surface area contributed by atoms with Crippen molar-refractivity contribution in [1.82, 2.24) is 0 Å². The maximum Gasteiger partial charge on any atom is 0.231 e. The summed E-state index contributed by atoms with van der Waals surface area (Å²) in [6, 6.07) is 23.6. The van der Waals surface area contributed by atoms with E-state index in [2.05, 4.69) is 72.5 Å². The number of hydrogen-bond acceptors (Lipinski definition) is 5. The van der Waals surface area contributed by atoms with E-state index in [-0.39, 0.29) is 19.6 Å². The monoisotopic (exact) mass is 437 g/mol. The fraction of sp³-hybridized carbons (Fsp3) is 0.214. The first kappa shape index (κ1) is 18.7. The summed E-state index contributed by atoms with van der Waals surface area (Å²) in [6.45, 7) is 3.70. The molecule has 5 nitrogen and oxygen atoms in total. The summed E-state index contributed by atoms with van der Waals surface area (Å²) in [5.74, 6) is 3.33. The number of hydrogen-bond donors (Lipinski definition) is 0. The van der Waals surface area contributed by atoms with Crippen LogP contribution >= 0.6 is 0 Å². The van der Waals surface area contributed by atoms with Crippen molar-refractivity contribution in [3.05, 3.63) is 77.9 Å². The lowest BCUT2D eigenvalue weighted by Gasteiger charge is -2.40. The molecule has 33 heavy (non-hydrogen) atoms. The molecule has 5 heteroatoms. The second kappa shape index (κ2) is 7.07. The lowest BCUT2D eigenvalue weighted by molar-refractivity contribution is 0.173. The average Bonchev–Trinajstić information content (AvgIpc) is 3.51. The minimum Gasteiger partial charge on any atom is -0.454 e. The Morgan fingerprint density at radius 1 is 0.788 bits per heavy atom. The summed E-state index contributed by atoms with van der Waals surface area (Å²) in [5, 5.41) is 2.33. The van der Waals surface area contributed by atoms with E-state index in [4.69, 9.17) is 18.9 Å². The molecule has 1 unspecified atom stereocenters. The summed E-state index contributed by atoms with van der Waals surface area (Å²) in [5.41, 5.74) is 6.18. The Labute approximate surface area is 192 Å². The predicted molar refractivity (Wildman–Crippen MR) is 128 cm³/mol. The average molecular weight is 437 g/mol. The molecule has 3 aliphatic heterocycles. The molecule has 0 bridgehead atoms. The van der Waals surface area contributed by atoms with Crippen LogP contribution in [-0.4, -0.2) is 20.1 Å². The number of fused-ring (bicyclic) bond motifs is 8. The van der Waals surface area contributed by atoms with Crippen LogP contribution < -0.4 is 23.8 Å².